The third kappa shape index (κ3) is 7.93. The molecule has 0 N–H and O–H groups in total. The maximum Gasteiger partial charge on any atom is 0.0541 e. The van der Waals surface area contributed by atoms with E-state index in [1.807, 2.05) is 0 Å². The van der Waals surface area contributed by atoms with Crippen molar-refractivity contribution >= 4 is 87.2 Å². The molecule has 0 aliphatic carbocycles. The summed E-state index contributed by atoms with van der Waals surface area (Å²) in [6, 6.07) is 121. The van der Waals surface area contributed by atoms with Crippen LogP contribution in [0.15, 0.2) is 328 Å². The van der Waals surface area contributed by atoms with Crippen molar-refractivity contribution in [2.45, 2.75) is 0 Å². The maximum absolute atomic E-state index is 2.45. The summed E-state index contributed by atoms with van der Waals surface area (Å²) in [7, 11) is 0. The molecule has 0 spiro atoms. The number of aromatic nitrogens is 4. The van der Waals surface area contributed by atoms with Gasteiger partial charge in [0.05, 0.1) is 44.1 Å². The third-order valence-electron chi connectivity index (χ3n) is 18.4. The molecule has 0 aliphatic rings. The Labute approximate surface area is 508 Å². The molecule has 4 heteroatoms. The van der Waals surface area contributed by atoms with Gasteiger partial charge in [0.1, 0.15) is 0 Å². The smallest absolute Gasteiger partial charge is 0.0541 e. The molecule has 0 aliphatic heterocycles. The molecule has 18 aromatic rings. The molecule has 4 aromatic heterocycles. The van der Waals surface area contributed by atoms with Gasteiger partial charge in [0, 0.05) is 65.8 Å². The highest BCUT2D eigenvalue weighted by atomic mass is 15.0. The Morgan fingerprint density at radius 2 is 0.318 bits per heavy atom. The third-order valence-corrected chi connectivity index (χ3v) is 18.4. The van der Waals surface area contributed by atoms with E-state index in [9.17, 15) is 0 Å². The number of rotatable bonds is 9. The summed E-state index contributed by atoms with van der Waals surface area (Å²) in [6.45, 7) is 0. The summed E-state index contributed by atoms with van der Waals surface area (Å²) >= 11 is 0. The summed E-state index contributed by atoms with van der Waals surface area (Å²) in [5, 5.41) is 9.79. The number of para-hydroxylation sites is 4. The Balaban J connectivity index is 0.789. The second-order valence-corrected chi connectivity index (χ2v) is 23.3. The van der Waals surface area contributed by atoms with Gasteiger partial charge in [-0.1, -0.05) is 194 Å². The zero-order valence-electron chi connectivity index (χ0n) is 48.0. The van der Waals surface area contributed by atoms with Crippen molar-refractivity contribution in [1.82, 2.24) is 18.3 Å². The van der Waals surface area contributed by atoms with Crippen LogP contribution in [0, 0.1) is 0 Å². The van der Waals surface area contributed by atoms with E-state index in [2.05, 4.69) is 346 Å². The van der Waals surface area contributed by atoms with Gasteiger partial charge in [-0.3, -0.25) is 0 Å². The summed E-state index contributed by atoms with van der Waals surface area (Å²) in [4.78, 5) is 0. The van der Waals surface area contributed by atoms with E-state index in [4.69, 9.17) is 0 Å². The summed E-state index contributed by atoms with van der Waals surface area (Å²) in [5.74, 6) is 0. The fourth-order valence-corrected chi connectivity index (χ4v) is 14.2. The average molecular weight is 1120 g/mol. The first-order valence-electron chi connectivity index (χ1n) is 30.3. The van der Waals surface area contributed by atoms with Gasteiger partial charge in [0.2, 0.25) is 0 Å². The first-order valence-corrected chi connectivity index (χ1v) is 30.3. The highest BCUT2D eigenvalue weighted by Gasteiger charge is 2.21. The van der Waals surface area contributed by atoms with Crippen molar-refractivity contribution in [1.29, 1.82) is 0 Å². The zero-order valence-corrected chi connectivity index (χ0v) is 48.0. The minimum Gasteiger partial charge on any atom is -0.309 e. The summed E-state index contributed by atoms with van der Waals surface area (Å²) < 4.78 is 9.67. The first-order chi connectivity index (χ1) is 43.6. The molecule has 4 heterocycles. The monoisotopic (exact) mass is 1120 g/mol. The van der Waals surface area contributed by atoms with Crippen LogP contribution in [-0.2, 0) is 0 Å². The highest BCUT2D eigenvalue weighted by Crippen LogP contribution is 2.43. The normalized spacial score (nSPS) is 11.9. The molecule has 0 atom stereocenters. The van der Waals surface area contributed by atoms with E-state index in [-0.39, 0.29) is 0 Å². The standard InChI is InChI=1S/C84H54N4/c1-5-17-55(18-6-1)57-29-39-67(40-30-57)87-78-28-16-14-26-70(78)72-50-60(34-44-80(72)87)62-37-47-83-75(52-62)76-54-64(38-48-84(76)88(83)68-41-31-58(32-42-68)56-19-7-2-8-20-56)63-36-46-82-74(53-63)73-51-61(35-45-81(73)86(82)66-23-11-4-12-24-66)59-33-43-79-71(49-59)69-25-13-15-27-77(69)85(79)65-21-9-3-10-22-65/h1-54H. The lowest BCUT2D eigenvalue weighted by Crippen LogP contribution is -1.94. The van der Waals surface area contributed by atoms with E-state index >= 15 is 0 Å². The van der Waals surface area contributed by atoms with E-state index in [0.717, 1.165) is 33.8 Å². The van der Waals surface area contributed by atoms with Gasteiger partial charge in [-0.15, -0.1) is 0 Å². The Morgan fingerprint density at radius 1 is 0.125 bits per heavy atom. The molecule has 410 valence electrons. The van der Waals surface area contributed by atoms with Gasteiger partial charge in [-0.2, -0.15) is 0 Å². The largest absolute Gasteiger partial charge is 0.309 e. The molecule has 0 amide bonds. The van der Waals surface area contributed by atoms with Crippen molar-refractivity contribution in [2.75, 3.05) is 0 Å². The Bertz CT molecular complexity index is 5750. The van der Waals surface area contributed by atoms with Gasteiger partial charge in [0.15, 0.2) is 0 Å². The molecule has 0 bridgehead atoms. The fourth-order valence-electron chi connectivity index (χ4n) is 14.2. The van der Waals surface area contributed by atoms with E-state index < -0.39 is 0 Å². The van der Waals surface area contributed by atoms with Gasteiger partial charge in [0.25, 0.3) is 0 Å². The quantitative estimate of drug-likeness (QED) is 0.137. The lowest BCUT2D eigenvalue weighted by Gasteiger charge is -2.11. The number of benzene rings is 14. The van der Waals surface area contributed by atoms with Crippen LogP contribution in [0.25, 0.3) is 166 Å². The summed E-state index contributed by atoms with van der Waals surface area (Å²) in [5.41, 5.74) is 25.9. The predicted octanol–water partition coefficient (Wildman–Crippen LogP) is 22.4. The molecular weight excluding hydrogens is 1060 g/mol. The average Bonchev–Trinajstić information content (AvgIpc) is 4.60. The topological polar surface area (TPSA) is 19.7 Å². The minimum absolute atomic E-state index is 1.12. The molecule has 0 saturated heterocycles. The molecule has 88 heavy (non-hydrogen) atoms. The number of hydrogen-bond donors (Lipinski definition) is 0. The lowest BCUT2D eigenvalue weighted by molar-refractivity contribution is 1.18. The first kappa shape index (κ1) is 49.7. The highest BCUT2D eigenvalue weighted by molar-refractivity contribution is 6.16. The second kappa shape index (κ2) is 20.0. The van der Waals surface area contributed by atoms with Crippen LogP contribution in [0.3, 0.4) is 0 Å². The van der Waals surface area contributed by atoms with Crippen molar-refractivity contribution in [3.63, 3.8) is 0 Å². The molecule has 0 fully saturated rings. The van der Waals surface area contributed by atoms with Crippen molar-refractivity contribution < 1.29 is 0 Å². The van der Waals surface area contributed by atoms with Gasteiger partial charge < -0.3 is 18.3 Å². The number of nitrogens with zero attached hydrogens (tertiary/aromatic N) is 4. The molecule has 14 aromatic carbocycles. The van der Waals surface area contributed by atoms with E-state index in [0.29, 0.717) is 0 Å². The summed E-state index contributed by atoms with van der Waals surface area (Å²) in [6.07, 6.45) is 0. The van der Waals surface area contributed by atoms with Crippen molar-refractivity contribution in [2.24, 2.45) is 0 Å². The van der Waals surface area contributed by atoms with Gasteiger partial charge in [-0.25, -0.2) is 0 Å². The van der Waals surface area contributed by atoms with Gasteiger partial charge >= 0.3 is 0 Å². The van der Waals surface area contributed by atoms with Crippen LogP contribution in [0.5, 0.6) is 0 Å². The Hall–Kier alpha value is -11.7. The molecule has 18 rings (SSSR count). The van der Waals surface area contributed by atoms with Crippen LogP contribution in [0.1, 0.15) is 0 Å². The number of hydrogen-bond acceptors (Lipinski definition) is 0. The van der Waals surface area contributed by atoms with Crippen LogP contribution in [-0.4, -0.2) is 18.3 Å². The predicted molar refractivity (Wildman–Crippen MR) is 371 cm³/mol. The number of fused-ring (bicyclic) bond motifs is 12. The van der Waals surface area contributed by atoms with Crippen LogP contribution < -0.4 is 0 Å². The lowest BCUT2D eigenvalue weighted by atomic mass is 9.98. The molecule has 4 nitrogen and oxygen atoms in total. The van der Waals surface area contributed by atoms with Crippen LogP contribution in [0.2, 0.25) is 0 Å². The second-order valence-electron chi connectivity index (χ2n) is 23.3. The van der Waals surface area contributed by atoms with Crippen molar-refractivity contribution in [3.8, 4) is 78.4 Å². The molecule has 0 unspecified atom stereocenters. The minimum atomic E-state index is 1.12. The van der Waals surface area contributed by atoms with Gasteiger partial charge in [-0.05, 0) is 189 Å². The van der Waals surface area contributed by atoms with E-state index in [1.54, 1.807) is 0 Å². The molecule has 0 radical (unpaired) electrons. The van der Waals surface area contributed by atoms with Crippen LogP contribution >= 0.6 is 0 Å². The van der Waals surface area contributed by atoms with Crippen LogP contribution in [0.4, 0.5) is 0 Å². The molecular formula is C84H54N4. The zero-order chi connectivity index (χ0) is 57.8. The Morgan fingerprint density at radius 3 is 0.602 bits per heavy atom. The van der Waals surface area contributed by atoms with E-state index in [1.165, 1.54) is 132 Å². The Kier molecular flexibility index (Phi) is 11.3. The SMILES string of the molecule is c1ccc(-c2ccc(-n3c4ccccc4c4cc(-c5ccc6c(c5)c5cc(-c7ccc8c(c7)c7cc(-c9ccc%10c(c9)c9ccccc9n%10-c9ccccc9)ccc7n8-c7ccccc7)ccc5n6-c5ccc(-c6ccccc6)cc5)ccc43)cc2)cc1. The van der Waals surface area contributed by atoms with Crippen molar-refractivity contribution in [3.05, 3.63) is 328 Å². The maximum atomic E-state index is 2.45. The fraction of sp³-hybridized carbons (Fsp3) is 0. The molecule has 0 saturated carbocycles.